The van der Waals surface area contributed by atoms with Gasteiger partial charge in [-0.15, -0.1) is 13.2 Å². The van der Waals surface area contributed by atoms with Crippen LogP contribution in [0.2, 0.25) is 0 Å². The lowest BCUT2D eigenvalue weighted by Gasteiger charge is -2.13. The van der Waals surface area contributed by atoms with Gasteiger partial charge in [-0.1, -0.05) is 18.6 Å². The minimum atomic E-state index is -4.72. The lowest BCUT2D eigenvalue weighted by atomic mass is 10.2. The molecule has 0 saturated carbocycles. The molecular weight excluding hydrogens is 261 g/mol. The van der Waals surface area contributed by atoms with Crippen LogP contribution in [0.3, 0.4) is 0 Å². The van der Waals surface area contributed by atoms with Crippen molar-refractivity contribution in [3.05, 3.63) is 24.3 Å². The van der Waals surface area contributed by atoms with Crippen molar-refractivity contribution >= 4 is 0 Å². The Kier molecular flexibility index (Phi) is 6.49. The Balaban J connectivity index is 2.40. The van der Waals surface area contributed by atoms with E-state index in [0.717, 1.165) is 25.7 Å². The van der Waals surface area contributed by atoms with E-state index in [2.05, 4.69) is 4.74 Å². The largest absolute Gasteiger partial charge is 0.573 e. The Morgan fingerprint density at radius 2 is 1.58 bits per heavy atom. The van der Waals surface area contributed by atoms with Gasteiger partial charge in [0, 0.05) is 6.61 Å². The molecule has 0 saturated heterocycles. The first-order chi connectivity index (χ1) is 9.03. The molecule has 19 heavy (non-hydrogen) atoms. The van der Waals surface area contributed by atoms with E-state index in [9.17, 15) is 13.2 Å². The molecule has 0 fully saturated rings. The zero-order valence-electron chi connectivity index (χ0n) is 10.4. The van der Waals surface area contributed by atoms with E-state index in [-0.39, 0.29) is 18.1 Å². The third-order valence-corrected chi connectivity index (χ3v) is 2.38. The summed E-state index contributed by atoms with van der Waals surface area (Å²) >= 11 is 0. The third kappa shape index (κ3) is 6.91. The van der Waals surface area contributed by atoms with Gasteiger partial charge < -0.3 is 14.6 Å². The van der Waals surface area contributed by atoms with Crippen molar-refractivity contribution < 1.29 is 27.8 Å². The van der Waals surface area contributed by atoms with Crippen LogP contribution >= 0.6 is 0 Å². The number of para-hydroxylation sites is 2. The molecule has 0 amide bonds. The van der Waals surface area contributed by atoms with E-state index in [1.165, 1.54) is 18.2 Å². The maximum absolute atomic E-state index is 12.1. The maximum Gasteiger partial charge on any atom is 0.573 e. The fraction of sp³-hybridized carbons (Fsp3) is 0.538. The van der Waals surface area contributed by atoms with Gasteiger partial charge in [-0.25, -0.2) is 0 Å². The molecule has 0 aliphatic rings. The Hall–Kier alpha value is -1.43. The zero-order chi connectivity index (χ0) is 14.1. The summed E-state index contributed by atoms with van der Waals surface area (Å²) in [4.78, 5) is 0. The van der Waals surface area contributed by atoms with E-state index in [1.807, 2.05) is 0 Å². The van der Waals surface area contributed by atoms with E-state index < -0.39 is 6.36 Å². The SMILES string of the molecule is OCCCCCCOc1ccccc1OC(F)(F)F. The standard InChI is InChI=1S/C13H17F3O3/c14-13(15,16)19-12-8-4-3-7-11(12)18-10-6-2-1-5-9-17/h3-4,7-8,17H,1-2,5-6,9-10H2. The van der Waals surface area contributed by atoms with Crippen LogP contribution in [0.15, 0.2) is 24.3 Å². The minimum Gasteiger partial charge on any atom is -0.490 e. The molecule has 0 spiro atoms. The van der Waals surface area contributed by atoms with Gasteiger partial charge in [-0.3, -0.25) is 0 Å². The molecule has 6 heteroatoms. The first-order valence-corrected chi connectivity index (χ1v) is 6.11. The molecule has 0 atom stereocenters. The number of hydrogen-bond acceptors (Lipinski definition) is 3. The van der Waals surface area contributed by atoms with Gasteiger partial charge in [0.05, 0.1) is 6.61 Å². The highest BCUT2D eigenvalue weighted by molar-refractivity contribution is 5.39. The van der Waals surface area contributed by atoms with Gasteiger partial charge in [0.2, 0.25) is 0 Å². The van der Waals surface area contributed by atoms with Crippen LogP contribution in [-0.4, -0.2) is 24.7 Å². The number of benzene rings is 1. The van der Waals surface area contributed by atoms with Crippen molar-refractivity contribution in [3.63, 3.8) is 0 Å². The number of alkyl halides is 3. The summed E-state index contributed by atoms with van der Waals surface area (Å²) in [6.45, 7) is 0.479. The highest BCUT2D eigenvalue weighted by Gasteiger charge is 2.32. The average molecular weight is 278 g/mol. The molecular formula is C13H17F3O3. The molecule has 1 aromatic carbocycles. The van der Waals surface area contributed by atoms with Gasteiger partial charge in [0.15, 0.2) is 11.5 Å². The van der Waals surface area contributed by atoms with Crippen LogP contribution in [0.5, 0.6) is 11.5 Å². The van der Waals surface area contributed by atoms with Crippen molar-refractivity contribution in [1.29, 1.82) is 0 Å². The molecule has 0 radical (unpaired) electrons. The molecule has 1 aromatic rings. The predicted molar refractivity (Wildman–Crippen MR) is 64.2 cm³/mol. The average Bonchev–Trinajstić information content (AvgIpc) is 2.33. The Morgan fingerprint density at radius 1 is 0.947 bits per heavy atom. The fourth-order valence-electron chi connectivity index (χ4n) is 1.53. The topological polar surface area (TPSA) is 38.7 Å². The summed E-state index contributed by atoms with van der Waals surface area (Å²) < 4.78 is 45.6. The van der Waals surface area contributed by atoms with Crippen molar-refractivity contribution in [2.75, 3.05) is 13.2 Å². The first kappa shape index (κ1) is 15.6. The third-order valence-electron chi connectivity index (χ3n) is 2.38. The van der Waals surface area contributed by atoms with E-state index in [4.69, 9.17) is 9.84 Å². The van der Waals surface area contributed by atoms with Crippen LogP contribution in [-0.2, 0) is 0 Å². The number of aliphatic hydroxyl groups excluding tert-OH is 1. The van der Waals surface area contributed by atoms with E-state index in [1.54, 1.807) is 6.07 Å². The van der Waals surface area contributed by atoms with Crippen LogP contribution in [0, 0.1) is 0 Å². The van der Waals surface area contributed by atoms with Crippen molar-refractivity contribution in [3.8, 4) is 11.5 Å². The second-order valence-electron chi connectivity index (χ2n) is 3.98. The van der Waals surface area contributed by atoms with Gasteiger partial charge in [0.25, 0.3) is 0 Å². The highest BCUT2D eigenvalue weighted by Crippen LogP contribution is 2.31. The van der Waals surface area contributed by atoms with Crippen LogP contribution in [0.25, 0.3) is 0 Å². The predicted octanol–water partition coefficient (Wildman–Crippen LogP) is 3.52. The number of ether oxygens (including phenoxy) is 2. The second-order valence-corrected chi connectivity index (χ2v) is 3.98. The lowest BCUT2D eigenvalue weighted by molar-refractivity contribution is -0.275. The van der Waals surface area contributed by atoms with Gasteiger partial charge >= 0.3 is 6.36 Å². The van der Waals surface area contributed by atoms with Gasteiger partial charge in [-0.05, 0) is 31.4 Å². The van der Waals surface area contributed by atoms with Crippen molar-refractivity contribution in [1.82, 2.24) is 0 Å². The summed E-state index contributed by atoms with van der Waals surface area (Å²) in [6.07, 6.45) is -1.53. The number of rotatable bonds is 8. The highest BCUT2D eigenvalue weighted by atomic mass is 19.4. The van der Waals surface area contributed by atoms with Gasteiger partial charge in [-0.2, -0.15) is 0 Å². The van der Waals surface area contributed by atoms with Crippen molar-refractivity contribution in [2.24, 2.45) is 0 Å². The molecule has 1 N–H and O–H groups in total. The monoisotopic (exact) mass is 278 g/mol. The molecule has 0 aliphatic carbocycles. The minimum absolute atomic E-state index is 0.0852. The van der Waals surface area contributed by atoms with Crippen LogP contribution in [0.1, 0.15) is 25.7 Å². The quantitative estimate of drug-likeness (QED) is 0.739. The summed E-state index contributed by atoms with van der Waals surface area (Å²) in [5.41, 5.74) is 0. The Bertz CT molecular complexity index is 366. The smallest absolute Gasteiger partial charge is 0.490 e. The fourth-order valence-corrected chi connectivity index (χ4v) is 1.53. The molecule has 108 valence electrons. The zero-order valence-corrected chi connectivity index (χ0v) is 10.4. The molecule has 1 rings (SSSR count). The lowest BCUT2D eigenvalue weighted by Crippen LogP contribution is -2.17. The molecule has 0 unspecified atom stereocenters. The molecule has 0 aromatic heterocycles. The number of halogens is 3. The van der Waals surface area contributed by atoms with Gasteiger partial charge in [0.1, 0.15) is 0 Å². The summed E-state index contributed by atoms with van der Waals surface area (Å²) in [5.74, 6) is -0.243. The molecule has 3 nitrogen and oxygen atoms in total. The number of unbranched alkanes of at least 4 members (excludes halogenated alkanes) is 3. The molecule has 0 aliphatic heterocycles. The number of aliphatic hydroxyl groups is 1. The summed E-state index contributed by atoms with van der Waals surface area (Å²) in [7, 11) is 0. The van der Waals surface area contributed by atoms with Crippen molar-refractivity contribution in [2.45, 2.75) is 32.0 Å². The second kappa shape index (κ2) is 7.89. The maximum atomic E-state index is 12.1. The Labute approximate surface area is 110 Å². The first-order valence-electron chi connectivity index (χ1n) is 6.11. The molecule has 0 heterocycles. The summed E-state index contributed by atoms with van der Waals surface area (Å²) in [5, 5.41) is 8.59. The van der Waals surface area contributed by atoms with E-state index in [0.29, 0.717) is 6.61 Å². The Morgan fingerprint density at radius 3 is 2.21 bits per heavy atom. The van der Waals surface area contributed by atoms with E-state index >= 15 is 0 Å². The van der Waals surface area contributed by atoms with Crippen LogP contribution < -0.4 is 9.47 Å². The van der Waals surface area contributed by atoms with Crippen LogP contribution in [0.4, 0.5) is 13.2 Å². The molecule has 0 bridgehead atoms. The normalized spacial score (nSPS) is 11.4. The summed E-state index contributed by atoms with van der Waals surface area (Å²) in [6, 6.07) is 5.70. The number of hydrogen-bond donors (Lipinski definition) is 1.